The summed E-state index contributed by atoms with van der Waals surface area (Å²) >= 11 is 0. The predicted octanol–water partition coefficient (Wildman–Crippen LogP) is 1.46. The molecule has 3 aliphatic rings. The van der Waals surface area contributed by atoms with Crippen LogP contribution in [0.15, 0.2) is 24.3 Å². The number of rotatable bonds is 3. The van der Waals surface area contributed by atoms with Crippen LogP contribution >= 0.6 is 0 Å². The van der Waals surface area contributed by atoms with Gasteiger partial charge in [-0.1, -0.05) is 18.2 Å². The topological polar surface area (TPSA) is 55.6 Å². The van der Waals surface area contributed by atoms with E-state index in [2.05, 4.69) is 4.90 Å². The summed E-state index contributed by atoms with van der Waals surface area (Å²) in [6, 6.07) is 5.02. The highest BCUT2D eigenvalue weighted by atomic mass is 19.1. The second kappa shape index (κ2) is 5.50. The number of benzene rings is 1. The summed E-state index contributed by atoms with van der Waals surface area (Å²) in [6.07, 6.45) is 2.03. The van der Waals surface area contributed by atoms with Crippen molar-refractivity contribution in [3.8, 4) is 0 Å². The molecule has 2 atom stereocenters. The molecule has 4 nitrogen and oxygen atoms in total. The molecule has 0 saturated carbocycles. The Labute approximate surface area is 117 Å². The largest absolute Gasteiger partial charge is 0.459 e. The van der Waals surface area contributed by atoms with Gasteiger partial charge in [0.2, 0.25) is 0 Å². The van der Waals surface area contributed by atoms with E-state index in [0.29, 0.717) is 5.92 Å². The maximum atomic E-state index is 13.6. The van der Waals surface area contributed by atoms with Crippen molar-refractivity contribution in [2.24, 2.45) is 11.7 Å². The van der Waals surface area contributed by atoms with E-state index in [1.807, 2.05) is 0 Å². The molecule has 0 spiro atoms. The number of fused-ring (bicyclic) bond motifs is 3. The highest BCUT2D eigenvalue weighted by molar-refractivity contribution is 5.77. The predicted molar refractivity (Wildman–Crippen MR) is 72.4 cm³/mol. The van der Waals surface area contributed by atoms with Crippen LogP contribution in [0.2, 0.25) is 0 Å². The molecule has 3 fully saturated rings. The zero-order valence-electron chi connectivity index (χ0n) is 11.3. The number of nitrogens with zero attached hydrogens (tertiary/aromatic N) is 1. The first-order valence-electron chi connectivity index (χ1n) is 7.08. The summed E-state index contributed by atoms with van der Waals surface area (Å²) in [5.74, 6) is -0.573. The van der Waals surface area contributed by atoms with E-state index in [9.17, 15) is 9.18 Å². The maximum absolute atomic E-state index is 13.6. The molecule has 20 heavy (non-hydrogen) atoms. The summed E-state index contributed by atoms with van der Waals surface area (Å²) < 4.78 is 19.2. The van der Waals surface area contributed by atoms with Crippen molar-refractivity contribution >= 4 is 5.97 Å². The molecule has 4 rings (SSSR count). The fourth-order valence-corrected chi connectivity index (χ4v) is 3.12. The normalized spacial score (nSPS) is 30.0. The van der Waals surface area contributed by atoms with Crippen LogP contribution in [-0.4, -0.2) is 36.6 Å². The highest BCUT2D eigenvalue weighted by Crippen LogP contribution is 2.30. The Kier molecular flexibility index (Phi) is 3.72. The van der Waals surface area contributed by atoms with E-state index in [1.54, 1.807) is 12.1 Å². The molecular weight excluding hydrogens is 259 g/mol. The van der Waals surface area contributed by atoms with Gasteiger partial charge in [-0.25, -0.2) is 9.18 Å². The number of piperidine rings is 3. The van der Waals surface area contributed by atoms with Gasteiger partial charge < -0.3 is 10.5 Å². The van der Waals surface area contributed by atoms with Gasteiger partial charge in [0, 0.05) is 12.1 Å². The Morgan fingerprint density at radius 3 is 2.65 bits per heavy atom. The van der Waals surface area contributed by atoms with Crippen LogP contribution < -0.4 is 5.73 Å². The van der Waals surface area contributed by atoms with Crippen molar-refractivity contribution in [3.05, 3.63) is 35.6 Å². The number of carbonyl (C=O) groups is 1. The van der Waals surface area contributed by atoms with Crippen molar-refractivity contribution < 1.29 is 13.9 Å². The molecule has 1 aromatic carbocycles. The molecule has 3 heterocycles. The van der Waals surface area contributed by atoms with Gasteiger partial charge in [-0.2, -0.15) is 0 Å². The molecule has 108 valence electrons. The third kappa shape index (κ3) is 2.55. The first-order chi connectivity index (χ1) is 9.65. The number of halogens is 1. The molecule has 3 saturated heterocycles. The van der Waals surface area contributed by atoms with Gasteiger partial charge in [0.05, 0.1) is 0 Å². The minimum absolute atomic E-state index is 0.0946. The fourth-order valence-electron chi connectivity index (χ4n) is 3.12. The van der Waals surface area contributed by atoms with Crippen LogP contribution in [0.4, 0.5) is 4.39 Å². The lowest BCUT2D eigenvalue weighted by Crippen LogP contribution is -2.52. The minimum atomic E-state index is -1.05. The summed E-state index contributed by atoms with van der Waals surface area (Å²) in [7, 11) is 0. The van der Waals surface area contributed by atoms with Crippen molar-refractivity contribution in [1.29, 1.82) is 0 Å². The van der Waals surface area contributed by atoms with Crippen molar-refractivity contribution in [3.63, 3.8) is 0 Å². The van der Waals surface area contributed by atoms with E-state index < -0.39 is 17.8 Å². The first-order valence-corrected chi connectivity index (χ1v) is 7.08. The van der Waals surface area contributed by atoms with Crippen LogP contribution in [0.25, 0.3) is 0 Å². The van der Waals surface area contributed by atoms with Crippen LogP contribution in [0, 0.1) is 11.7 Å². The van der Waals surface area contributed by atoms with Crippen LogP contribution in [-0.2, 0) is 9.53 Å². The molecule has 0 aromatic heterocycles. The molecule has 0 aliphatic carbocycles. The fraction of sp³-hybridized carbons (Fsp3) is 0.533. The number of hydrogen-bond acceptors (Lipinski definition) is 4. The summed E-state index contributed by atoms with van der Waals surface area (Å²) in [5.41, 5.74) is 6.02. The SMILES string of the molecule is NC(C(=O)OC1CN2CCC1CC2)c1ccccc1F. The monoisotopic (exact) mass is 278 g/mol. The van der Waals surface area contributed by atoms with E-state index in [1.165, 1.54) is 12.1 Å². The molecule has 2 unspecified atom stereocenters. The average molecular weight is 278 g/mol. The van der Waals surface area contributed by atoms with E-state index in [4.69, 9.17) is 10.5 Å². The number of carbonyl (C=O) groups excluding carboxylic acids is 1. The maximum Gasteiger partial charge on any atom is 0.328 e. The van der Waals surface area contributed by atoms with E-state index in [0.717, 1.165) is 32.5 Å². The molecule has 1 aromatic rings. The van der Waals surface area contributed by atoms with Crippen molar-refractivity contribution in [1.82, 2.24) is 4.90 Å². The molecule has 3 aliphatic heterocycles. The van der Waals surface area contributed by atoms with Crippen LogP contribution in [0.5, 0.6) is 0 Å². The van der Waals surface area contributed by atoms with Gasteiger partial charge in [0.15, 0.2) is 0 Å². The third-order valence-corrected chi connectivity index (χ3v) is 4.36. The molecule has 0 amide bonds. The van der Waals surface area contributed by atoms with Crippen LogP contribution in [0.3, 0.4) is 0 Å². The second-order valence-electron chi connectivity index (χ2n) is 5.61. The standard InChI is InChI=1S/C15H19FN2O2/c16-12-4-2-1-3-11(12)14(17)15(19)20-13-9-18-7-5-10(13)6-8-18/h1-4,10,13-14H,5-9,17H2. The molecule has 0 radical (unpaired) electrons. The van der Waals surface area contributed by atoms with Gasteiger partial charge >= 0.3 is 5.97 Å². The summed E-state index contributed by atoms with van der Waals surface area (Å²) in [4.78, 5) is 14.4. The smallest absolute Gasteiger partial charge is 0.328 e. The number of esters is 1. The zero-order chi connectivity index (χ0) is 14.1. The summed E-state index contributed by atoms with van der Waals surface area (Å²) in [6.45, 7) is 2.94. The number of ether oxygens (including phenoxy) is 1. The first kappa shape index (κ1) is 13.5. The minimum Gasteiger partial charge on any atom is -0.459 e. The summed E-state index contributed by atoms with van der Waals surface area (Å²) in [5, 5.41) is 0. The Bertz CT molecular complexity index is 500. The number of nitrogens with two attached hydrogens (primary N) is 1. The average Bonchev–Trinajstić information content (AvgIpc) is 2.48. The van der Waals surface area contributed by atoms with Gasteiger partial charge in [-0.15, -0.1) is 0 Å². The van der Waals surface area contributed by atoms with Gasteiger partial charge in [0.25, 0.3) is 0 Å². The third-order valence-electron chi connectivity index (χ3n) is 4.36. The lowest BCUT2D eigenvalue weighted by Gasteiger charge is -2.44. The Hall–Kier alpha value is -1.46. The lowest BCUT2D eigenvalue weighted by atomic mass is 9.86. The second-order valence-corrected chi connectivity index (χ2v) is 5.61. The zero-order valence-corrected chi connectivity index (χ0v) is 11.3. The molecule has 2 bridgehead atoms. The highest BCUT2D eigenvalue weighted by Gasteiger charge is 2.37. The van der Waals surface area contributed by atoms with E-state index >= 15 is 0 Å². The van der Waals surface area contributed by atoms with Gasteiger partial charge in [-0.05, 0) is 37.9 Å². The van der Waals surface area contributed by atoms with Crippen molar-refractivity contribution in [2.75, 3.05) is 19.6 Å². The quantitative estimate of drug-likeness (QED) is 0.851. The van der Waals surface area contributed by atoms with Gasteiger partial charge in [-0.3, -0.25) is 4.90 Å². The van der Waals surface area contributed by atoms with Gasteiger partial charge in [0.1, 0.15) is 18.0 Å². The lowest BCUT2D eigenvalue weighted by molar-refractivity contribution is -0.160. The van der Waals surface area contributed by atoms with Crippen LogP contribution in [0.1, 0.15) is 24.4 Å². The Morgan fingerprint density at radius 1 is 1.35 bits per heavy atom. The molecule has 2 N–H and O–H groups in total. The molecule has 5 heteroatoms. The molecular formula is C15H19FN2O2. The number of hydrogen-bond donors (Lipinski definition) is 1. The van der Waals surface area contributed by atoms with Crippen molar-refractivity contribution in [2.45, 2.75) is 25.0 Å². The van der Waals surface area contributed by atoms with E-state index in [-0.39, 0.29) is 11.7 Å². The Morgan fingerprint density at radius 2 is 2.05 bits per heavy atom. The Balaban J connectivity index is 1.66.